The van der Waals surface area contributed by atoms with Crippen molar-refractivity contribution >= 4 is 29.2 Å². The van der Waals surface area contributed by atoms with E-state index in [0.29, 0.717) is 11.4 Å². The molecule has 2 N–H and O–H groups in total. The van der Waals surface area contributed by atoms with Crippen LogP contribution < -0.4 is 15.5 Å². The molecule has 0 radical (unpaired) electrons. The number of aliphatic imine (C=N–C) groups is 1. The lowest BCUT2D eigenvalue weighted by molar-refractivity contribution is -0.130. The summed E-state index contributed by atoms with van der Waals surface area (Å²) < 4.78 is 5.26. The van der Waals surface area contributed by atoms with E-state index in [0.717, 1.165) is 56.5 Å². The maximum atomic E-state index is 12.6. The van der Waals surface area contributed by atoms with Gasteiger partial charge in [-0.3, -0.25) is 9.79 Å². The Hall–Kier alpha value is -1.99. The Kier molecular flexibility index (Phi) is 8.22. The maximum absolute atomic E-state index is 12.6. The monoisotopic (exact) mass is 435 g/mol. The molecule has 166 valence electrons. The highest BCUT2D eigenvalue weighted by atomic mass is 35.5. The number of anilines is 1. The molecular formula is C22H34ClN5O2. The second kappa shape index (κ2) is 10.9. The predicted octanol–water partition coefficient (Wildman–Crippen LogP) is 2.36. The molecule has 1 aliphatic carbocycles. The van der Waals surface area contributed by atoms with E-state index in [9.17, 15) is 4.79 Å². The number of carbonyl (C=O) groups is 1. The summed E-state index contributed by atoms with van der Waals surface area (Å²) in [7, 11) is 3.49. The molecule has 1 aromatic rings. The van der Waals surface area contributed by atoms with Crippen molar-refractivity contribution in [2.75, 3.05) is 64.9 Å². The number of benzene rings is 1. The molecule has 1 aromatic carbocycles. The third kappa shape index (κ3) is 6.01. The standard InChI is InChI=1S/C22H34ClN5O2/c1-24-21(26-17-22(8-3-9-22)10-15-30-2)25-16-20(29)28-13-11-27(12-14-28)19-6-4-18(23)5-7-19/h4-7H,3,8-17H2,1-2H3,(H2,24,25,26). The average Bonchev–Trinajstić information content (AvgIpc) is 2.75. The fourth-order valence-corrected chi connectivity index (χ4v) is 4.27. The topological polar surface area (TPSA) is 69.2 Å². The van der Waals surface area contributed by atoms with Crippen molar-refractivity contribution in [2.45, 2.75) is 25.7 Å². The molecule has 1 heterocycles. The first-order chi connectivity index (χ1) is 14.5. The van der Waals surface area contributed by atoms with Crippen LogP contribution in [0.15, 0.2) is 29.3 Å². The smallest absolute Gasteiger partial charge is 0.242 e. The number of nitrogens with one attached hydrogen (secondary N) is 2. The van der Waals surface area contributed by atoms with Gasteiger partial charge in [-0.05, 0) is 48.9 Å². The Bertz CT molecular complexity index is 713. The molecule has 30 heavy (non-hydrogen) atoms. The van der Waals surface area contributed by atoms with E-state index in [-0.39, 0.29) is 12.5 Å². The largest absolute Gasteiger partial charge is 0.385 e. The van der Waals surface area contributed by atoms with Crippen LogP contribution in [0, 0.1) is 5.41 Å². The maximum Gasteiger partial charge on any atom is 0.242 e. The quantitative estimate of drug-likeness (QED) is 0.484. The summed E-state index contributed by atoms with van der Waals surface area (Å²) >= 11 is 5.97. The second-order valence-electron chi connectivity index (χ2n) is 8.22. The van der Waals surface area contributed by atoms with Crippen molar-refractivity contribution in [2.24, 2.45) is 10.4 Å². The normalized spacial score (nSPS) is 18.7. The lowest BCUT2D eigenvalue weighted by Crippen LogP contribution is -2.53. The SMILES string of the molecule is CN=C(NCC(=O)N1CCN(c2ccc(Cl)cc2)CC1)NCC1(CCOC)CCC1. The van der Waals surface area contributed by atoms with Gasteiger partial charge in [0.2, 0.25) is 5.91 Å². The fourth-order valence-electron chi connectivity index (χ4n) is 4.14. The number of hydrogen-bond acceptors (Lipinski definition) is 4. The van der Waals surface area contributed by atoms with Crippen LogP contribution in [-0.4, -0.2) is 76.8 Å². The first-order valence-electron chi connectivity index (χ1n) is 10.8. The predicted molar refractivity (Wildman–Crippen MR) is 122 cm³/mol. The minimum atomic E-state index is 0.103. The third-order valence-electron chi connectivity index (χ3n) is 6.34. The zero-order chi connectivity index (χ0) is 21.4. The minimum Gasteiger partial charge on any atom is -0.385 e. The number of nitrogens with zero attached hydrogens (tertiary/aromatic N) is 3. The molecule has 0 spiro atoms. The molecule has 2 aliphatic rings. The Labute approximate surface area is 184 Å². The molecule has 2 fully saturated rings. The molecule has 1 amide bonds. The molecule has 0 aromatic heterocycles. The number of rotatable bonds is 8. The zero-order valence-corrected chi connectivity index (χ0v) is 18.9. The molecule has 1 saturated heterocycles. The second-order valence-corrected chi connectivity index (χ2v) is 8.66. The van der Waals surface area contributed by atoms with Crippen LogP contribution in [0.5, 0.6) is 0 Å². The number of piperazine rings is 1. The lowest BCUT2D eigenvalue weighted by atomic mass is 9.67. The molecule has 8 heteroatoms. The van der Waals surface area contributed by atoms with Crippen molar-refractivity contribution in [1.82, 2.24) is 15.5 Å². The summed E-state index contributed by atoms with van der Waals surface area (Å²) in [6.07, 6.45) is 4.77. The lowest BCUT2D eigenvalue weighted by Gasteiger charge is -2.42. The highest BCUT2D eigenvalue weighted by Gasteiger charge is 2.36. The van der Waals surface area contributed by atoms with Gasteiger partial charge in [-0.15, -0.1) is 0 Å². The van der Waals surface area contributed by atoms with E-state index in [2.05, 4.69) is 20.5 Å². The van der Waals surface area contributed by atoms with Gasteiger partial charge in [-0.2, -0.15) is 0 Å². The van der Waals surface area contributed by atoms with Gasteiger partial charge in [-0.25, -0.2) is 0 Å². The van der Waals surface area contributed by atoms with Gasteiger partial charge in [-0.1, -0.05) is 18.0 Å². The zero-order valence-electron chi connectivity index (χ0n) is 18.1. The Morgan fingerprint density at radius 1 is 1.17 bits per heavy atom. The average molecular weight is 436 g/mol. The highest BCUT2D eigenvalue weighted by Crippen LogP contribution is 2.43. The molecule has 3 rings (SSSR count). The molecule has 0 atom stereocenters. The molecule has 0 bridgehead atoms. The van der Waals surface area contributed by atoms with Gasteiger partial charge in [0, 0.05) is 64.2 Å². The fraction of sp³-hybridized carbons (Fsp3) is 0.636. The van der Waals surface area contributed by atoms with Gasteiger partial charge in [0.1, 0.15) is 0 Å². The summed E-state index contributed by atoms with van der Waals surface area (Å²) in [5, 5.41) is 7.33. The van der Waals surface area contributed by atoms with E-state index < -0.39 is 0 Å². The Morgan fingerprint density at radius 2 is 1.87 bits per heavy atom. The van der Waals surface area contributed by atoms with Crippen molar-refractivity contribution in [3.05, 3.63) is 29.3 Å². The summed E-state index contributed by atoms with van der Waals surface area (Å²) in [5.41, 5.74) is 1.45. The van der Waals surface area contributed by atoms with Gasteiger partial charge in [0.05, 0.1) is 6.54 Å². The number of guanidine groups is 1. The number of halogens is 1. The Morgan fingerprint density at radius 3 is 2.43 bits per heavy atom. The first-order valence-corrected chi connectivity index (χ1v) is 11.1. The minimum absolute atomic E-state index is 0.103. The van der Waals surface area contributed by atoms with E-state index in [1.807, 2.05) is 29.2 Å². The van der Waals surface area contributed by atoms with Gasteiger partial charge in [0.15, 0.2) is 5.96 Å². The molecule has 0 unspecified atom stereocenters. The molecule has 1 saturated carbocycles. The number of methoxy groups -OCH3 is 1. The van der Waals surface area contributed by atoms with Crippen molar-refractivity contribution in [3.63, 3.8) is 0 Å². The van der Waals surface area contributed by atoms with Crippen LogP contribution >= 0.6 is 11.6 Å². The number of ether oxygens (including phenoxy) is 1. The highest BCUT2D eigenvalue weighted by molar-refractivity contribution is 6.30. The number of amides is 1. The van der Waals surface area contributed by atoms with Gasteiger partial charge >= 0.3 is 0 Å². The van der Waals surface area contributed by atoms with Crippen LogP contribution in [0.1, 0.15) is 25.7 Å². The summed E-state index contributed by atoms with van der Waals surface area (Å²) in [6.45, 7) is 4.99. The van der Waals surface area contributed by atoms with Crippen LogP contribution in [0.3, 0.4) is 0 Å². The van der Waals surface area contributed by atoms with Crippen LogP contribution in [0.2, 0.25) is 5.02 Å². The van der Waals surface area contributed by atoms with Crippen molar-refractivity contribution in [1.29, 1.82) is 0 Å². The molecule has 1 aliphatic heterocycles. The van der Waals surface area contributed by atoms with Crippen LogP contribution in [0.4, 0.5) is 5.69 Å². The molecular weight excluding hydrogens is 402 g/mol. The summed E-state index contributed by atoms with van der Waals surface area (Å²) in [6, 6.07) is 7.86. The molecule has 7 nitrogen and oxygen atoms in total. The number of carbonyl (C=O) groups excluding carboxylic acids is 1. The van der Waals surface area contributed by atoms with Crippen molar-refractivity contribution < 1.29 is 9.53 Å². The summed E-state index contributed by atoms with van der Waals surface area (Å²) in [4.78, 5) is 21.1. The first kappa shape index (κ1) is 22.7. The van der Waals surface area contributed by atoms with E-state index >= 15 is 0 Å². The van der Waals surface area contributed by atoms with Crippen LogP contribution in [0.25, 0.3) is 0 Å². The van der Waals surface area contributed by atoms with E-state index in [1.54, 1.807) is 14.2 Å². The Balaban J connectivity index is 1.39. The van der Waals surface area contributed by atoms with Gasteiger partial charge in [0.25, 0.3) is 0 Å². The summed E-state index contributed by atoms with van der Waals surface area (Å²) in [5.74, 6) is 0.790. The van der Waals surface area contributed by atoms with E-state index in [1.165, 1.54) is 19.3 Å². The van der Waals surface area contributed by atoms with Crippen LogP contribution in [-0.2, 0) is 9.53 Å². The van der Waals surface area contributed by atoms with Crippen molar-refractivity contribution in [3.8, 4) is 0 Å². The van der Waals surface area contributed by atoms with E-state index in [4.69, 9.17) is 16.3 Å². The van der Waals surface area contributed by atoms with Gasteiger partial charge < -0.3 is 25.2 Å². The number of hydrogen-bond donors (Lipinski definition) is 2. The third-order valence-corrected chi connectivity index (χ3v) is 6.59.